The predicted octanol–water partition coefficient (Wildman–Crippen LogP) is 3.64. The molecule has 1 unspecified atom stereocenters. The van der Waals surface area contributed by atoms with Crippen molar-refractivity contribution in [2.24, 2.45) is 11.7 Å². The molecular weight excluding hydrogens is 302 g/mol. The number of benzene rings is 1. The first kappa shape index (κ1) is 14.4. The Morgan fingerprint density at radius 2 is 2.11 bits per heavy atom. The van der Waals surface area contributed by atoms with Crippen molar-refractivity contribution in [3.8, 4) is 6.07 Å². The van der Waals surface area contributed by atoms with Crippen LogP contribution in [0.15, 0.2) is 22.7 Å². The molecule has 4 heteroatoms. The molecule has 0 heterocycles. The highest BCUT2D eigenvalue weighted by atomic mass is 79.9. The van der Waals surface area contributed by atoms with E-state index in [-0.39, 0.29) is 6.04 Å². The predicted molar refractivity (Wildman–Crippen MR) is 81.9 cm³/mol. The number of anilines is 1. The average Bonchev–Trinajstić information content (AvgIpc) is 2.46. The van der Waals surface area contributed by atoms with Gasteiger partial charge in [-0.2, -0.15) is 5.26 Å². The molecule has 0 radical (unpaired) electrons. The lowest BCUT2D eigenvalue weighted by atomic mass is 9.83. The van der Waals surface area contributed by atoms with Gasteiger partial charge in [-0.05, 0) is 37.0 Å². The lowest BCUT2D eigenvalue weighted by Crippen LogP contribution is -2.37. The zero-order chi connectivity index (χ0) is 13.7. The normalized spacial score (nSPS) is 17.7. The Hall–Kier alpha value is -1.05. The SMILES string of the molecule is N#Cc1ccc(Br)cc1NC(CN)C1CCCCC1. The smallest absolute Gasteiger partial charge is 0.101 e. The molecule has 102 valence electrons. The molecule has 1 aromatic rings. The van der Waals surface area contributed by atoms with Crippen LogP contribution in [0, 0.1) is 17.2 Å². The Balaban J connectivity index is 2.13. The van der Waals surface area contributed by atoms with Crippen molar-refractivity contribution >= 4 is 21.6 Å². The second-order valence-corrected chi connectivity index (χ2v) is 6.10. The number of hydrogen-bond donors (Lipinski definition) is 2. The number of rotatable bonds is 4. The van der Waals surface area contributed by atoms with Crippen molar-refractivity contribution < 1.29 is 0 Å². The van der Waals surface area contributed by atoms with Crippen LogP contribution in [0.5, 0.6) is 0 Å². The summed E-state index contributed by atoms with van der Waals surface area (Å²) in [6.07, 6.45) is 6.42. The zero-order valence-corrected chi connectivity index (χ0v) is 12.6. The highest BCUT2D eigenvalue weighted by molar-refractivity contribution is 9.10. The zero-order valence-electron chi connectivity index (χ0n) is 11.0. The Kier molecular flexibility index (Phi) is 5.24. The largest absolute Gasteiger partial charge is 0.380 e. The maximum Gasteiger partial charge on any atom is 0.101 e. The molecule has 1 aromatic carbocycles. The molecule has 1 atom stereocenters. The second kappa shape index (κ2) is 6.93. The molecule has 3 N–H and O–H groups in total. The van der Waals surface area contributed by atoms with Gasteiger partial charge in [-0.15, -0.1) is 0 Å². The maximum absolute atomic E-state index is 9.17. The first-order valence-corrected chi connectivity index (χ1v) is 7.70. The third kappa shape index (κ3) is 3.71. The van der Waals surface area contributed by atoms with Crippen molar-refractivity contribution in [1.29, 1.82) is 5.26 Å². The van der Waals surface area contributed by atoms with Crippen molar-refractivity contribution in [2.75, 3.05) is 11.9 Å². The minimum atomic E-state index is 0.265. The van der Waals surface area contributed by atoms with Gasteiger partial charge in [0.2, 0.25) is 0 Å². The van der Waals surface area contributed by atoms with E-state index >= 15 is 0 Å². The molecule has 0 saturated heterocycles. The van der Waals surface area contributed by atoms with E-state index in [1.807, 2.05) is 18.2 Å². The van der Waals surface area contributed by atoms with Gasteiger partial charge in [0.25, 0.3) is 0 Å². The van der Waals surface area contributed by atoms with Crippen molar-refractivity contribution in [1.82, 2.24) is 0 Å². The minimum absolute atomic E-state index is 0.265. The standard InChI is InChI=1S/C15H20BrN3/c16-13-7-6-12(9-17)14(8-13)19-15(10-18)11-4-2-1-3-5-11/h6-8,11,15,19H,1-5,10,18H2. The van der Waals surface area contributed by atoms with Crippen LogP contribution in [-0.2, 0) is 0 Å². The Morgan fingerprint density at radius 3 is 2.74 bits per heavy atom. The molecule has 0 spiro atoms. The van der Waals surface area contributed by atoms with Crippen molar-refractivity contribution in [3.05, 3.63) is 28.2 Å². The molecule has 1 aliphatic rings. The van der Waals surface area contributed by atoms with Crippen LogP contribution in [0.1, 0.15) is 37.7 Å². The van der Waals surface area contributed by atoms with Gasteiger partial charge in [0.15, 0.2) is 0 Å². The highest BCUT2D eigenvalue weighted by Crippen LogP contribution is 2.29. The van der Waals surface area contributed by atoms with Gasteiger partial charge in [0.05, 0.1) is 11.3 Å². The number of nitriles is 1. The Morgan fingerprint density at radius 1 is 1.37 bits per heavy atom. The fraction of sp³-hybridized carbons (Fsp3) is 0.533. The molecule has 0 aliphatic heterocycles. The van der Waals surface area contributed by atoms with Crippen LogP contribution in [0.4, 0.5) is 5.69 Å². The molecule has 1 fully saturated rings. The molecule has 1 saturated carbocycles. The van der Waals surface area contributed by atoms with E-state index in [1.165, 1.54) is 32.1 Å². The van der Waals surface area contributed by atoms with Crippen LogP contribution in [0.2, 0.25) is 0 Å². The first-order chi connectivity index (χ1) is 9.24. The average molecular weight is 322 g/mol. The Labute approximate surface area is 123 Å². The number of nitrogens with one attached hydrogen (secondary N) is 1. The summed E-state index contributed by atoms with van der Waals surface area (Å²) in [7, 11) is 0. The number of hydrogen-bond acceptors (Lipinski definition) is 3. The van der Waals surface area contributed by atoms with Crippen LogP contribution >= 0.6 is 15.9 Å². The van der Waals surface area contributed by atoms with Crippen LogP contribution in [0.3, 0.4) is 0 Å². The maximum atomic E-state index is 9.17. The quantitative estimate of drug-likeness (QED) is 0.889. The molecular formula is C15H20BrN3. The summed E-state index contributed by atoms with van der Waals surface area (Å²) in [6.45, 7) is 0.613. The summed E-state index contributed by atoms with van der Waals surface area (Å²) < 4.78 is 0.980. The van der Waals surface area contributed by atoms with Gasteiger partial charge in [-0.25, -0.2) is 0 Å². The number of nitrogens with zero attached hydrogens (tertiary/aromatic N) is 1. The van der Waals surface area contributed by atoms with E-state index in [0.29, 0.717) is 18.0 Å². The summed E-state index contributed by atoms with van der Waals surface area (Å²) in [6, 6.07) is 8.18. The third-order valence-electron chi connectivity index (χ3n) is 3.92. The minimum Gasteiger partial charge on any atom is -0.380 e. The molecule has 3 nitrogen and oxygen atoms in total. The van der Waals surface area contributed by atoms with Gasteiger partial charge >= 0.3 is 0 Å². The molecule has 0 amide bonds. The van der Waals surface area contributed by atoms with Crippen LogP contribution in [-0.4, -0.2) is 12.6 Å². The van der Waals surface area contributed by atoms with E-state index in [1.54, 1.807) is 0 Å². The summed E-state index contributed by atoms with van der Waals surface area (Å²) >= 11 is 3.45. The van der Waals surface area contributed by atoms with E-state index in [2.05, 4.69) is 27.3 Å². The van der Waals surface area contributed by atoms with Crippen LogP contribution in [0.25, 0.3) is 0 Å². The van der Waals surface area contributed by atoms with E-state index in [0.717, 1.165) is 10.2 Å². The summed E-state index contributed by atoms with van der Waals surface area (Å²) in [4.78, 5) is 0. The molecule has 1 aliphatic carbocycles. The first-order valence-electron chi connectivity index (χ1n) is 6.91. The summed E-state index contributed by atoms with van der Waals surface area (Å²) in [5, 5.41) is 12.6. The third-order valence-corrected chi connectivity index (χ3v) is 4.41. The van der Waals surface area contributed by atoms with E-state index in [9.17, 15) is 0 Å². The fourth-order valence-corrected chi connectivity index (χ4v) is 3.20. The van der Waals surface area contributed by atoms with Crippen molar-refractivity contribution in [2.45, 2.75) is 38.1 Å². The topological polar surface area (TPSA) is 61.8 Å². The molecule has 2 rings (SSSR count). The second-order valence-electron chi connectivity index (χ2n) is 5.19. The molecule has 19 heavy (non-hydrogen) atoms. The van der Waals surface area contributed by atoms with Crippen LogP contribution < -0.4 is 11.1 Å². The van der Waals surface area contributed by atoms with Gasteiger partial charge < -0.3 is 11.1 Å². The van der Waals surface area contributed by atoms with Gasteiger partial charge in [0.1, 0.15) is 6.07 Å². The molecule has 0 bridgehead atoms. The monoisotopic (exact) mass is 321 g/mol. The number of halogens is 1. The lowest BCUT2D eigenvalue weighted by molar-refractivity contribution is 0.320. The van der Waals surface area contributed by atoms with E-state index < -0.39 is 0 Å². The van der Waals surface area contributed by atoms with Crippen molar-refractivity contribution in [3.63, 3.8) is 0 Å². The summed E-state index contributed by atoms with van der Waals surface area (Å²) in [5.74, 6) is 0.629. The fourth-order valence-electron chi connectivity index (χ4n) is 2.84. The van der Waals surface area contributed by atoms with Gasteiger partial charge in [-0.3, -0.25) is 0 Å². The lowest BCUT2D eigenvalue weighted by Gasteiger charge is -2.31. The van der Waals surface area contributed by atoms with E-state index in [4.69, 9.17) is 11.0 Å². The molecule has 0 aromatic heterocycles. The highest BCUT2D eigenvalue weighted by Gasteiger charge is 2.23. The van der Waals surface area contributed by atoms with Gasteiger partial charge in [-0.1, -0.05) is 35.2 Å². The number of nitrogens with two attached hydrogens (primary N) is 1. The Bertz CT molecular complexity index is 461. The summed E-state index contributed by atoms with van der Waals surface area (Å²) in [5.41, 5.74) is 7.49. The van der Waals surface area contributed by atoms with Gasteiger partial charge in [0, 0.05) is 17.1 Å².